The van der Waals surface area contributed by atoms with Crippen LogP contribution >= 0.6 is 0 Å². The molecule has 0 spiro atoms. The van der Waals surface area contributed by atoms with Gasteiger partial charge in [-0.2, -0.15) is 10.1 Å². The molecule has 0 saturated carbocycles. The lowest BCUT2D eigenvalue weighted by atomic mass is 10.2. The summed E-state index contributed by atoms with van der Waals surface area (Å²) in [7, 11) is 0. The first-order chi connectivity index (χ1) is 12.0. The Bertz CT molecular complexity index is 879. The summed E-state index contributed by atoms with van der Waals surface area (Å²) < 4.78 is 6.84. The summed E-state index contributed by atoms with van der Waals surface area (Å²) in [5, 5.41) is 11.0. The van der Waals surface area contributed by atoms with Gasteiger partial charge in [-0.15, -0.1) is 0 Å². The van der Waals surface area contributed by atoms with E-state index in [1.165, 1.54) is 0 Å². The van der Waals surface area contributed by atoms with Crippen molar-refractivity contribution >= 4 is 5.91 Å². The summed E-state index contributed by atoms with van der Waals surface area (Å²) in [5.41, 5.74) is 1.99. The molecule has 0 saturated heterocycles. The Morgan fingerprint density at radius 3 is 2.72 bits per heavy atom. The highest BCUT2D eigenvalue weighted by Crippen LogP contribution is 2.19. The smallest absolute Gasteiger partial charge is 0.259 e. The summed E-state index contributed by atoms with van der Waals surface area (Å²) in [6.45, 7) is 7.63. The van der Waals surface area contributed by atoms with Gasteiger partial charge in [0.05, 0.1) is 23.0 Å². The Balaban J connectivity index is 1.85. The van der Waals surface area contributed by atoms with Gasteiger partial charge >= 0.3 is 0 Å². The number of aromatic nitrogens is 5. The molecule has 25 heavy (non-hydrogen) atoms. The third-order valence-corrected chi connectivity index (χ3v) is 3.67. The minimum absolute atomic E-state index is 0.0649. The zero-order valence-corrected chi connectivity index (χ0v) is 14.6. The lowest BCUT2D eigenvalue weighted by Crippen LogP contribution is -2.30. The van der Waals surface area contributed by atoms with E-state index in [9.17, 15) is 4.79 Å². The summed E-state index contributed by atoms with van der Waals surface area (Å²) in [6.07, 6.45) is 3.91. The maximum atomic E-state index is 12.2. The number of carbonyl (C=O) groups excluding carboxylic acids is 1. The number of carbonyl (C=O) groups is 1. The zero-order valence-electron chi connectivity index (χ0n) is 14.6. The Morgan fingerprint density at radius 1 is 1.32 bits per heavy atom. The molecule has 0 aliphatic heterocycles. The van der Waals surface area contributed by atoms with Gasteiger partial charge in [-0.3, -0.25) is 4.79 Å². The second kappa shape index (κ2) is 6.84. The van der Waals surface area contributed by atoms with Gasteiger partial charge < -0.3 is 9.84 Å². The van der Waals surface area contributed by atoms with Crippen LogP contribution in [-0.4, -0.2) is 36.9 Å². The van der Waals surface area contributed by atoms with Crippen molar-refractivity contribution in [3.63, 3.8) is 0 Å². The van der Waals surface area contributed by atoms with E-state index in [2.05, 4.69) is 25.5 Å². The van der Waals surface area contributed by atoms with Crippen LogP contribution in [0.25, 0.3) is 17.3 Å². The van der Waals surface area contributed by atoms with Crippen LogP contribution in [0.4, 0.5) is 0 Å². The highest BCUT2D eigenvalue weighted by Gasteiger charge is 2.16. The summed E-state index contributed by atoms with van der Waals surface area (Å²) in [5.74, 6) is 1.56. The molecule has 0 atom stereocenters. The van der Waals surface area contributed by atoms with Crippen LogP contribution in [0.1, 0.15) is 42.6 Å². The number of nitrogens with zero attached hydrogens (tertiary/aromatic N) is 5. The molecule has 0 aromatic carbocycles. The van der Waals surface area contributed by atoms with Crippen LogP contribution in [0.2, 0.25) is 0 Å². The molecular formula is C17H20N6O2. The monoisotopic (exact) mass is 340 g/mol. The van der Waals surface area contributed by atoms with Gasteiger partial charge in [-0.05, 0) is 32.9 Å². The van der Waals surface area contributed by atoms with E-state index in [0.29, 0.717) is 29.5 Å². The van der Waals surface area contributed by atoms with E-state index in [-0.39, 0.29) is 11.9 Å². The van der Waals surface area contributed by atoms with Gasteiger partial charge in [0.2, 0.25) is 0 Å². The maximum Gasteiger partial charge on any atom is 0.259 e. The number of pyridine rings is 1. The van der Waals surface area contributed by atoms with Gasteiger partial charge in [-0.1, -0.05) is 12.1 Å². The topological polar surface area (TPSA) is 98.7 Å². The molecule has 3 aromatic rings. The van der Waals surface area contributed by atoms with E-state index >= 15 is 0 Å². The number of rotatable bonds is 5. The lowest BCUT2D eigenvalue weighted by molar-refractivity contribution is 0.0942. The average Bonchev–Trinajstić information content (AvgIpc) is 3.21. The number of aryl methyl sites for hydroxylation is 1. The van der Waals surface area contributed by atoms with Crippen molar-refractivity contribution in [1.29, 1.82) is 0 Å². The van der Waals surface area contributed by atoms with Crippen LogP contribution in [-0.2, 0) is 6.42 Å². The fourth-order valence-corrected chi connectivity index (χ4v) is 2.36. The predicted molar refractivity (Wildman–Crippen MR) is 91.4 cm³/mol. The van der Waals surface area contributed by atoms with Gasteiger partial charge in [0, 0.05) is 18.7 Å². The number of hydrogen-bond acceptors (Lipinski definition) is 6. The Morgan fingerprint density at radius 2 is 2.12 bits per heavy atom. The first-order valence-corrected chi connectivity index (χ1v) is 8.14. The molecule has 0 radical (unpaired) electrons. The van der Waals surface area contributed by atoms with Gasteiger partial charge in [0.1, 0.15) is 0 Å². The Labute approximate surface area is 145 Å². The minimum atomic E-state index is -0.145. The van der Waals surface area contributed by atoms with Gasteiger partial charge in [0.15, 0.2) is 11.6 Å². The molecular weight excluding hydrogens is 320 g/mol. The maximum absolute atomic E-state index is 12.2. The van der Waals surface area contributed by atoms with Crippen LogP contribution in [0.15, 0.2) is 29.0 Å². The van der Waals surface area contributed by atoms with E-state index in [1.807, 2.05) is 33.8 Å². The van der Waals surface area contributed by atoms with Crippen LogP contribution < -0.4 is 5.32 Å². The molecule has 0 fully saturated rings. The van der Waals surface area contributed by atoms with E-state index in [4.69, 9.17) is 4.52 Å². The molecule has 0 bridgehead atoms. The average molecular weight is 340 g/mol. The van der Waals surface area contributed by atoms with Gasteiger partial charge in [0.25, 0.3) is 11.8 Å². The third kappa shape index (κ3) is 3.42. The molecule has 8 nitrogen and oxygen atoms in total. The number of nitrogens with one attached hydrogen (secondary N) is 1. The molecule has 130 valence electrons. The molecule has 1 N–H and O–H groups in total. The minimum Gasteiger partial charge on any atom is -0.350 e. The Hall–Kier alpha value is -3.03. The van der Waals surface area contributed by atoms with Crippen molar-refractivity contribution in [2.75, 3.05) is 0 Å². The summed E-state index contributed by atoms with van der Waals surface area (Å²) >= 11 is 0. The van der Waals surface area contributed by atoms with Crippen molar-refractivity contribution in [2.24, 2.45) is 0 Å². The van der Waals surface area contributed by atoms with E-state index in [0.717, 1.165) is 11.3 Å². The van der Waals surface area contributed by atoms with E-state index in [1.54, 1.807) is 23.1 Å². The molecule has 0 aliphatic carbocycles. The van der Waals surface area contributed by atoms with Crippen LogP contribution in [0, 0.1) is 6.92 Å². The molecule has 8 heteroatoms. The van der Waals surface area contributed by atoms with Crippen molar-refractivity contribution in [3.05, 3.63) is 41.6 Å². The molecule has 0 unspecified atom stereocenters. The fourth-order valence-electron chi connectivity index (χ4n) is 2.36. The second-order valence-electron chi connectivity index (χ2n) is 5.96. The number of amides is 1. The predicted octanol–water partition coefficient (Wildman–Crippen LogP) is 2.33. The molecule has 3 heterocycles. The van der Waals surface area contributed by atoms with E-state index < -0.39 is 0 Å². The molecule has 3 aromatic heterocycles. The standard InChI is InChI=1S/C17H20N6O2/c1-5-14-21-17(25-22-14)12-6-7-15(18-8-12)23-11(4)13(9-19-23)16(24)20-10(2)3/h6-10H,5H2,1-4H3,(H,20,24). The van der Waals surface area contributed by atoms with Crippen molar-refractivity contribution in [1.82, 2.24) is 30.2 Å². The normalized spacial score (nSPS) is 11.1. The molecule has 3 rings (SSSR count). The van der Waals surface area contributed by atoms with Crippen LogP contribution in [0.3, 0.4) is 0 Å². The highest BCUT2D eigenvalue weighted by molar-refractivity contribution is 5.95. The Kier molecular flexibility index (Phi) is 4.60. The fraction of sp³-hybridized carbons (Fsp3) is 0.353. The zero-order chi connectivity index (χ0) is 18.0. The SMILES string of the molecule is CCc1noc(-c2ccc(-n3ncc(C(=O)NC(C)C)c3C)nc2)n1. The van der Waals surface area contributed by atoms with Gasteiger partial charge in [-0.25, -0.2) is 9.67 Å². The second-order valence-corrected chi connectivity index (χ2v) is 5.96. The summed E-state index contributed by atoms with van der Waals surface area (Å²) in [6, 6.07) is 3.70. The molecule has 1 amide bonds. The molecule has 0 aliphatic rings. The van der Waals surface area contributed by atoms with Crippen molar-refractivity contribution in [3.8, 4) is 17.3 Å². The quantitative estimate of drug-likeness (QED) is 0.765. The van der Waals surface area contributed by atoms with Crippen LogP contribution in [0.5, 0.6) is 0 Å². The first kappa shape index (κ1) is 16.8. The first-order valence-electron chi connectivity index (χ1n) is 8.14. The summed E-state index contributed by atoms with van der Waals surface area (Å²) in [4.78, 5) is 20.9. The third-order valence-electron chi connectivity index (χ3n) is 3.67. The van der Waals surface area contributed by atoms with Crippen molar-refractivity contribution in [2.45, 2.75) is 40.2 Å². The number of hydrogen-bond donors (Lipinski definition) is 1. The van der Waals surface area contributed by atoms with Crippen molar-refractivity contribution < 1.29 is 9.32 Å². The largest absolute Gasteiger partial charge is 0.350 e. The lowest BCUT2D eigenvalue weighted by Gasteiger charge is -2.08. The highest BCUT2D eigenvalue weighted by atomic mass is 16.5.